The molecule has 3 aliphatic rings. The van der Waals surface area contributed by atoms with Crippen LogP contribution in [0.25, 0.3) is 0 Å². The number of hydrogen-bond acceptors (Lipinski definition) is 2. The van der Waals surface area contributed by atoms with E-state index in [0.29, 0.717) is 11.3 Å². The van der Waals surface area contributed by atoms with Gasteiger partial charge in [-0.05, 0) is 85.0 Å². The van der Waals surface area contributed by atoms with E-state index in [1.807, 2.05) is 0 Å². The SMILES string of the molecule is COc1ccc2c(c1)CCC1C2CCC2(C)CC(O)CC12. The van der Waals surface area contributed by atoms with E-state index in [1.54, 1.807) is 12.7 Å². The highest BCUT2D eigenvalue weighted by molar-refractivity contribution is 5.40. The van der Waals surface area contributed by atoms with Crippen LogP contribution in [-0.4, -0.2) is 18.3 Å². The van der Waals surface area contributed by atoms with Gasteiger partial charge in [-0.15, -0.1) is 0 Å². The summed E-state index contributed by atoms with van der Waals surface area (Å²) in [6.45, 7) is 2.42. The van der Waals surface area contributed by atoms with Gasteiger partial charge in [-0.3, -0.25) is 0 Å². The monoisotopic (exact) mass is 286 g/mol. The molecule has 0 aliphatic heterocycles. The Bertz CT molecular complexity index is 552. The molecule has 2 fully saturated rings. The molecule has 1 aromatic rings. The van der Waals surface area contributed by atoms with Crippen LogP contribution in [0.2, 0.25) is 0 Å². The highest BCUT2D eigenvalue weighted by Gasteiger charge is 2.52. The van der Waals surface area contributed by atoms with Crippen molar-refractivity contribution in [2.24, 2.45) is 17.3 Å². The van der Waals surface area contributed by atoms with Gasteiger partial charge in [0, 0.05) is 0 Å². The highest BCUT2D eigenvalue weighted by Crippen LogP contribution is 2.60. The van der Waals surface area contributed by atoms with Crippen LogP contribution in [0, 0.1) is 17.3 Å². The van der Waals surface area contributed by atoms with Crippen LogP contribution >= 0.6 is 0 Å². The largest absolute Gasteiger partial charge is 0.497 e. The Morgan fingerprint density at radius 3 is 2.95 bits per heavy atom. The predicted octanol–water partition coefficient (Wildman–Crippen LogP) is 3.91. The third-order valence-corrected chi connectivity index (χ3v) is 6.68. The fourth-order valence-electron chi connectivity index (χ4n) is 5.71. The Morgan fingerprint density at radius 2 is 2.14 bits per heavy atom. The standard InChI is InChI=1S/C19H26O2/c1-19-8-7-16-15-6-4-14(21-2)9-12(15)3-5-17(16)18(19)10-13(20)11-19/h4,6,9,13,16-18,20H,3,5,7-8,10-11H2,1-2H3. The third kappa shape index (κ3) is 2.03. The summed E-state index contributed by atoms with van der Waals surface area (Å²) in [4.78, 5) is 0. The first-order valence-electron chi connectivity index (χ1n) is 8.45. The van der Waals surface area contributed by atoms with Gasteiger partial charge in [-0.25, -0.2) is 0 Å². The molecule has 1 N–H and O–H groups in total. The smallest absolute Gasteiger partial charge is 0.119 e. The molecule has 0 spiro atoms. The third-order valence-electron chi connectivity index (χ3n) is 6.68. The summed E-state index contributed by atoms with van der Waals surface area (Å²) in [5.41, 5.74) is 3.46. The minimum Gasteiger partial charge on any atom is -0.497 e. The zero-order valence-electron chi connectivity index (χ0n) is 13.1. The molecule has 0 saturated heterocycles. The molecule has 1 aromatic carbocycles. The lowest BCUT2D eigenvalue weighted by molar-refractivity contribution is 0.0596. The normalized spacial score (nSPS) is 41.1. The van der Waals surface area contributed by atoms with Gasteiger partial charge in [0.25, 0.3) is 0 Å². The van der Waals surface area contributed by atoms with Crippen LogP contribution in [0.1, 0.15) is 56.1 Å². The molecule has 2 heteroatoms. The van der Waals surface area contributed by atoms with Crippen LogP contribution in [-0.2, 0) is 6.42 Å². The van der Waals surface area contributed by atoms with Gasteiger partial charge in [0.15, 0.2) is 0 Å². The topological polar surface area (TPSA) is 29.5 Å². The molecular weight excluding hydrogens is 260 g/mol. The molecule has 2 saturated carbocycles. The average Bonchev–Trinajstić information content (AvgIpc) is 2.80. The number of aryl methyl sites for hydroxylation is 1. The Balaban J connectivity index is 1.68. The van der Waals surface area contributed by atoms with Crippen molar-refractivity contribution >= 4 is 0 Å². The Morgan fingerprint density at radius 1 is 1.29 bits per heavy atom. The molecular formula is C19H26O2. The lowest BCUT2D eigenvalue weighted by Gasteiger charge is -2.49. The van der Waals surface area contributed by atoms with Crippen LogP contribution in [0.5, 0.6) is 5.75 Å². The van der Waals surface area contributed by atoms with Gasteiger partial charge in [0.1, 0.15) is 5.75 Å². The van der Waals surface area contributed by atoms with Crippen LogP contribution in [0.4, 0.5) is 0 Å². The van der Waals surface area contributed by atoms with Gasteiger partial charge in [-0.2, -0.15) is 0 Å². The summed E-state index contributed by atoms with van der Waals surface area (Å²) >= 11 is 0. The zero-order chi connectivity index (χ0) is 14.6. The first kappa shape index (κ1) is 13.6. The van der Waals surface area contributed by atoms with Crippen molar-refractivity contribution in [2.75, 3.05) is 7.11 Å². The number of benzene rings is 1. The maximum Gasteiger partial charge on any atom is 0.119 e. The van der Waals surface area contributed by atoms with Gasteiger partial charge >= 0.3 is 0 Å². The number of fused-ring (bicyclic) bond motifs is 5. The summed E-state index contributed by atoms with van der Waals surface area (Å²) in [7, 11) is 1.75. The van der Waals surface area contributed by atoms with Crippen molar-refractivity contribution in [1.82, 2.24) is 0 Å². The molecule has 5 unspecified atom stereocenters. The number of aliphatic hydroxyl groups is 1. The quantitative estimate of drug-likeness (QED) is 0.848. The lowest BCUT2D eigenvalue weighted by Crippen LogP contribution is -2.39. The second-order valence-electron chi connectivity index (χ2n) is 7.77. The van der Waals surface area contributed by atoms with Crippen molar-refractivity contribution in [3.8, 4) is 5.75 Å². The second kappa shape index (κ2) is 4.74. The molecule has 0 heterocycles. The molecule has 4 rings (SSSR count). The van der Waals surface area contributed by atoms with E-state index >= 15 is 0 Å². The molecule has 3 aliphatic carbocycles. The summed E-state index contributed by atoms with van der Waals surface area (Å²) in [6.07, 6.45) is 7.04. The van der Waals surface area contributed by atoms with E-state index in [1.165, 1.54) is 31.2 Å². The van der Waals surface area contributed by atoms with Crippen molar-refractivity contribution in [3.05, 3.63) is 29.3 Å². The minimum absolute atomic E-state index is 0.0592. The first-order valence-corrected chi connectivity index (χ1v) is 8.45. The average molecular weight is 286 g/mol. The number of hydrogen-bond donors (Lipinski definition) is 1. The number of aliphatic hydroxyl groups excluding tert-OH is 1. The van der Waals surface area contributed by atoms with Crippen LogP contribution in [0.15, 0.2) is 18.2 Å². The van der Waals surface area contributed by atoms with Crippen LogP contribution in [0.3, 0.4) is 0 Å². The van der Waals surface area contributed by atoms with Gasteiger partial charge < -0.3 is 9.84 Å². The number of rotatable bonds is 1. The van der Waals surface area contributed by atoms with E-state index in [-0.39, 0.29) is 6.10 Å². The fraction of sp³-hybridized carbons (Fsp3) is 0.684. The van der Waals surface area contributed by atoms with Crippen molar-refractivity contribution in [3.63, 3.8) is 0 Å². The Kier molecular flexibility index (Phi) is 3.08. The Hall–Kier alpha value is -1.02. The molecule has 0 aromatic heterocycles. The van der Waals surface area contributed by atoms with Gasteiger partial charge in [-0.1, -0.05) is 13.0 Å². The molecule has 114 valence electrons. The van der Waals surface area contributed by atoms with E-state index in [2.05, 4.69) is 25.1 Å². The minimum atomic E-state index is -0.0592. The van der Waals surface area contributed by atoms with Gasteiger partial charge in [0.2, 0.25) is 0 Å². The number of methoxy groups -OCH3 is 1. The Labute approximate surface area is 127 Å². The molecule has 21 heavy (non-hydrogen) atoms. The van der Waals surface area contributed by atoms with Crippen molar-refractivity contribution in [2.45, 2.75) is 57.5 Å². The van der Waals surface area contributed by atoms with Crippen molar-refractivity contribution < 1.29 is 9.84 Å². The zero-order valence-corrected chi connectivity index (χ0v) is 13.1. The molecule has 2 nitrogen and oxygen atoms in total. The maximum absolute atomic E-state index is 10.2. The molecule has 0 radical (unpaired) electrons. The van der Waals surface area contributed by atoms with Gasteiger partial charge in [0.05, 0.1) is 13.2 Å². The first-order chi connectivity index (χ1) is 10.1. The van der Waals surface area contributed by atoms with Crippen molar-refractivity contribution in [1.29, 1.82) is 0 Å². The van der Waals surface area contributed by atoms with Crippen LogP contribution < -0.4 is 4.74 Å². The number of ether oxygens (including phenoxy) is 1. The summed E-state index contributed by atoms with van der Waals surface area (Å²) in [5, 5.41) is 10.2. The summed E-state index contributed by atoms with van der Waals surface area (Å²) in [6, 6.07) is 6.67. The van der Waals surface area contributed by atoms with E-state index in [9.17, 15) is 5.11 Å². The van der Waals surface area contributed by atoms with E-state index in [4.69, 9.17) is 4.74 Å². The summed E-state index contributed by atoms with van der Waals surface area (Å²) in [5.74, 6) is 3.20. The predicted molar refractivity (Wildman–Crippen MR) is 83.6 cm³/mol. The highest BCUT2D eigenvalue weighted by atomic mass is 16.5. The lowest BCUT2D eigenvalue weighted by atomic mass is 9.56. The maximum atomic E-state index is 10.2. The fourth-order valence-corrected chi connectivity index (χ4v) is 5.71. The molecule has 0 amide bonds. The van der Waals surface area contributed by atoms with E-state index < -0.39 is 0 Å². The summed E-state index contributed by atoms with van der Waals surface area (Å²) < 4.78 is 5.38. The molecule has 0 bridgehead atoms. The van der Waals surface area contributed by atoms with E-state index in [0.717, 1.165) is 30.4 Å². The second-order valence-corrected chi connectivity index (χ2v) is 7.77. The molecule has 5 atom stereocenters.